The molecule has 0 fully saturated rings. The van der Waals surface area contributed by atoms with Crippen molar-refractivity contribution >= 4 is 21.6 Å². The van der Waals surface area contributed by atoms with Gasteiger partial charge in [0.05, 0.1) is 6.54 Å². The van der Waals surface area contributed by atoms with Gasteiger partial charge < -0.3 is 9.73 Å². The number of hydrogen-bond donors (Lipinski definition) is 1. The van der Waals surface area contributed by atoms with Gasteiger partial charge in [-0.1, -0.05) is 28.9 Å². The molecule has 0 aliphatic carbocycles. The summed E-state index contributed by atoms with van der Waals surface area (Å²) in [6.07, 6.45) is 0.768. The summed E-state index contributed by atoms with van der Waals surface area (Å²) < 4.78 is 6.43. The highest BCUT2D eigenvalue weighted by molar-refractivity contribution is 9.10. The van der Waals surface area contributed by atoms with Crippen molar-refractivity contribution in [2.24, 2.45) is 0 Å². The summed E-state index contributed by atoms with van der Waals surface area (Å²) in [6, 6.07) is 7.93. The molecule has 4 nitrogen and oxygen atoms in total. The summed E-state index contributed by atoms with van der Waals surface area (Å²) in [5.74, 6) is 1.28. The van der Waals surface area contributed by atoms with Gasteiger partial charge in [0.15, 0.2) is 0 Å². The van der Waals surface area contributed by atoms with Gasteiger partial charge in [-0.3, -0.25) is 0 Å². The first-order valence-corrected chi connectivity index (χ1v) is 5.88. The van der Waals surface area contributed by atoms with E-state index in [1.54, 1.807) is 0 Å². The van der Waals surface area contributed by atoms with Gasteiger partial charge in [0.1, 0.15) is 0 Å². The number of hydrogen-bond acceptors (Lipinski definition) is 4. The van der Waals surface area contributed by atoms with Gasteiger partial charge in [0.2, 0.25) is 11.8 Å². The number of rotatable bonds is 4. The highest BCUT2D eigenvalue weighted by Gasteiger charge is 2.03. The topological polar surface area (TPSA) is 51.0 Å². The van der Waals surface area contributed by atoms with E-state index < -0.39 is 0 Å². The third kappa shape index (κ3) is 2.82. The largest absolute Gasteiger partial charge is 0.423 e. The number of nitrogens with one attached hydrogen (secondary N) is 1. The molecule has 0 saturated heterocycles. The molecule has 0 atom stereocenters. The van der Waals surface area contributed by atoms with Crippen LogP contribution in [-0.4, -0.2) is 10.2 Å². The lowest BCUT2D eigenvalue weighted by Crippen LogP contribution is -1.99. The van der Waals surface area contributed by atoms with E-state index >= 15 is 0 Å². The summed E-state index contributed by atoms with van der Waals surface area (Å²) in [4.78, 5) is 0. The summed E-state index contributed by atoms with van der Waals surface area (Å²) in [5.41, 5.74) is 1.02. The first-order valence-electron chi connectivity index (χ1n) is 5.08. The number of aryl methyl sites for hydroxylation is 1. The van der Waals surface area contributed by atoms with Crippen LogP contribution in [0.25, 0.3) is 0 Å². The van der Waals surface area contributed by atoms with Crippen LogP contribution in [0.1, 0.15) is 18.7 Å². The van der Waals surface area contributed by atoms with Crippen molar-refractivity contribution in [3.63, 3.8) is 0 Å². The highest BCUT2D eigenvalue weighted by Crippen LogP contribution is 2.16. The number of halogens is 1. The molecule has 0 saturated carbocycles. The molecule has 0 spiro atoms. The van der Waals surface area contributed by atoms with Crippen LogP contribution in [0.3, 0.4) is 0 Å². The molecule has 0 aliphatic heterocycles. The average Bonchev–Trinajstić information content (AvgIpc) is 2.74. The normalized spacial score (nSPS) is 10.4. The molecule has 0 radical (unpaired) electrons. The Labute approximate surface area is 102 Å². The van der Waals surface area contributed by atoms with E-state index in [1.807, 2.05) is 31.2 Å². The van der Waals surface area contributed by atoms with E-state index in [2.05, 4.69) is 31.4 Å². The van der Waals surface area contributed by atoms with Crippen molar-refractivity contribution < 1.29 is 4.42 Å². The standard InChI is InChI=1S/C11H12BrN3O/c1-2-10-14-15-11(16-10)7-13-9-5-3-4-8(12)6-9/h3-6,13H,2,7H2,1H3. The van der Waals surface area contributed by atoms with Crippen LogP contribution in [0.2, 0.25) is 0 Å². The molecule has 1 N–H and O–H groups in total. The quantitative estimate of drug-likeness (QED) is 0.936. The Hall–Kier alpha value is -1.36. The van der Waals surface area contributed by atoms with Crippen LogP contribution in [0.4, 0.5) is 5.69 Å². The summed E-state index contributed by atoms with van der Waals surface area (Å²) in [5, 5.41) is 11.0. The fourth-order valence-electron chi connectivity index (χ4n) is 1.28. The fraction of sp³-hybridized carbons (Fsp3) is 0.273. The fourth-order valence-corrected chi connectivity index (χ4v) is 1.68. The highest BCUT2D eigenvalue weighted by atomic mass is 79.9. The molecule has 2 aromatic rings. The third-order valence-corrected chi connectivity index (χ3v) is 2.57. The molecular formula is C11H12BrN3O. The Kier molecular flexibility index (Phi) is 3.56. The number of anilines is 1. The van der Waals surface area contributed by atoms with E-state index in [-0.39, 0.29) is 0 Å². The molecule has 1 aromatic carbocycles. The van der Waals surface area contributed by atoms with E-state index in [1.165, 1.54) is 0 Å². The van der Waals surface area contributed by atoms with Crippen LogP contribution >= 0.6 is 15.9 Å². The molecule has 2 rings (SSSR count). The van der Waals surface area contributed by atoms with E-state index in [0.29, 0.717) is 18.3 Å². The Balaban J connectivity index is 1.96. The third-order valence-electron chi connectivity index (χ3n) is 2.08. The van der Waals surface area contributed by atoms with Crippen molar-refractivity contribution in [2.45, 2.75) is 19.9 Å². The van der Waals surface area contributed by atoms with Crippen LogP contribution < -0.4 is 5.32 Å². The summed E-state index contributed by atoms with van der Waals surface area (Å²) in [6.45, 7) is 2.53. The molecule has 0 unspecified atom stereocenters. The van der Waals surface area contributed by atoms with Crippen LogP contribution in [0.15, 0.2) is 33.2 Å². The molecule has 1 aromatic heterocycles. The molecule has 0 aliphatic rings. The maximum absolute atomic E-state index is 5.39. The minimum atomic E-state index is 0.545. The first kappa shape index (κ1) is 11.1. The van der Waals surface area contributed by atoms with Gasteiger partial charge in [-0.25, -0.2) is 0 Å². The predicted octanol–water partition coefficient (Wildman–Crippen LogP) is 3.01. The molecule has 5 heteroatoms. The van der Waals surface area contributed by atoms with E-state index in [0.717, 1.165) is 16.6 Å². The lowest BCUT2D eigenvalue weighted by atomic mass is 10.3. The van der Waals surface area contributed by atoms with Gasteiger partial charge in [-0.15, -0.1) is 10.2 Å². The van der Waals surface area contributed by atoms with Gasteiger partial charge in [0.25, 0.3) is 0 Å². The maximum atomic E-state index is 5.39. The second-order valence-electron chi connectivity index (χ2n) is 3.31. The SMILES string of the molecule is CCc1nnc(CNc2cccc(Br)c2)o1. The van der Waals surface area contributed by atoms with Crippen LogP contribution in [-0.2, 0) is 13.0 Å². The number of nitrogens with zero attached hydrogens (tertiary/aromatic N) is 2. The smallest absolute Gasteiger partial charge is 0.235 e. The van der Waals surface area contributed by atoms with E-state index in [9.17, 15) is 0 Å². The predicted molar refractivity (Wildman–Crippen MR) is 65.1 cm³/mol. The van der Waals surface area contributed by atoms with Gasteiger partial charge >= 0.3 is 0 Å². The number of aromatic nitrogens is 2. The second-order valence-corrected chi connectivity index (χ2v) is 4.22. The summed E-state index contributed by atoms with van der Waals surface area (Å²) in [7, 11) is 0. The zero-order valence-corrected chi connectivity index (χ0v) is 10.5. The second kappa shape index (κ2) is 5.12. The molecule has 0 bridgehead atoms. The zero-order chi connectivity index (χ0) is 11.4. The Morgan fingerprint density at radius 1 is 1.31 bits per heavy atom. The van der Waals surface area contributed by atoms with Crippen molar-refractivity contribution in [2.75, 3.05) is 5.32 Å². The van der Waals surface area contributed by atoms with Crippen molar-refractivity contribution in [3.8, 4) is 0 Å². The van der Waals surface area contributed by atoms with Gasteiger partial charge in [-0.2, -0.15) is 0 Å². The molecule has 84 valence electrons. The van der Waals surface area contributed by atoms with Crippen LogP contribution in [0, 0.1) is 0 Å². The lowest BCUT2D eigenvalue weighted by molar-refractivity contribution is 0.460. The monoisotopic (exact) mass is 281 g/mol. The van der Waals surface area contributed by atoms with E-state index in [4.69, 9.17) is 4.42 Å². The van der Waals surface area contributed by atoms with Crippen molar-refractivity contribution in [1.29, 1.82) is 0 Å². The molecule has 1 heterocycles. The minimum absolute atomic E-state index is 0.545. The first-order chi connectivity index (χ1) is 7.78. The van der Waals surface area contributed by atoms with Crippen LogP contribution in [0.5, 0.6) is 0 Å². The minimum Gasteiger partial charge on any atom is -0.423 e. The molecular weight excluding hydrogens is 270 g/mol. The Bertz CT molecular complexity index is 470. The van der Waals surface area contributed by atoms with Crippen molar-refractivity contribution in [1.82, 2.24) is 10.2 Å². The van der Waals surface area contributed by atoms with Gasteiger partial charge in [-0.05, 0) is 18.2 Å². The Morgan fingerprint density at radius 3 is 2.81 bits per heavy atom. The van der Waals surface area contributed by atoms with Crippen molar-refractivity contribution in [3.05, 3.63) is 40.5 Å². The summed E-state index contributed by atoms with van der Waals surface area (Å²) >= 11 is 3.41. The average molecular weight is 282 g/mol. The molecule has 16 heavy (non-hydrogen) atoms. The molecule has 0 amide bonds. The maximum Gasteiger partial charge on any atom is 0.235 e. The number of benzene rings is 1. The Morgan fingerprint density at radius 2 is 2.12 bits per heavy atom. The van der Waals surface area contributed by atoms with Gasteiger partial charge in [0, 0.05) is 16.6 Å². The zero-order valence-electron chi connectivity index (χ0n) is 8.90. The lowest BCUT2D eigenvalue weighted by Gasteiger charge is -2.03.